The Morgan fingerprint density at radius 1 is 1.87 bits per heavy atom. The summed E-state index contributed by atoms with van der Waals surface area (Å²) in [5.41, 5.74) is -0.551. The molecule has 1 aromatic heterocycles. The topological polar surface area (TPSA) is 57.8 Å². The van der Waals surface area contributed by atoms with Gasteiger partial charge >= 0.3 is 0 Å². The third kappa shape index (κ3) is 2.47. The summed E-state index contributed by atoms with van der Waals surface area (Å²) >= 11 is 3.27. The molecule has 0 aliphatic rings. The Morgan fingerprint density at radius 3 is 2.93 bits per heavy atom. The summed E-state index contributed by atoms with van der Waals surface area (Å²) in [5, 5.41) is 9.25. The van der Waals surface area contributed by atoms with Crippen LogP contribution in [0.15, 0.2) is 23.3 Å². The Hall–Kier alpha value is -1.10. The van der Waals surface area contributed by atoms with E-state index in [1.165, 1.54) is 0 Å². The van der Waals surface area contributed by atoms with E-state index in [0.717, 1.165) is 4.47 Å². The molecule has 1 atom stereocenters. The maximum atomic E-state index is 11.9. The molecule has 1 rings (SSSR count). The summed E-state index contributed by atoms with van der Waals surface area (Å²) < 4.78 is 0.735. The molecule has 2 N–H and O–H groups in total. The molecule has 0 unspecified atom stereocenters. The van der Waals surface area contributed by atoms with E-state index < -0.39 is 5.41 Å². The monoisotopic (exact) mass is 271 g/mol. The normalized spacial score (nSPS) is 14.3. The number of carbonyl (C=O) groups excluding carboxylic acids is 1. The minimum Gasteiger partial charge on any atom is -0.309 e. The number of amides is 1. The van der Waals surface area contributed by atoms with Gasteiger partial charge in [-0.05, 0) is 29.3 Å². The van der Waals surface area contributed by atoms with Crippen LogP contribution in [0.1, 0.15) is 20.3 Å². The fraction of sp³-hybridized carbons (Fsp3) is 0.400. The van der Waals surface area contributed by atoms with Gasteiger partial charge in [0.1, 0.15) is 5.82 Å². The minimum absolute atomic E-state index is 0.0926. The average Bonchev–Trinajstić information content (AvgIpc) is 2.63. The van der Waals surface area contributed by atoms with Gasteiger partial charge in [-0.25, -0.2) is 0 Å². The van der Waals surface area contributed by atoms with Gasteiger partial charge in [-0.1, -0.05) is 13.0 Å². The summed E-state index contributed by atoms with van der Waals surface area (Å²) in [5.74, 6) is 0.478. The molecule has 0 aliphatic carbocycles. The Labute approximate surface area is 97.3 Å². The molecule has 0 spiro atoms. The number of aromatic amines is 1. The van der Waals surface area contributed by atoms with Crippen LogP contribution < -0.4 is 5.32 Å². The summed E-state index contributed by atoms with van der Waals surface area (Å²) in [6.07, 6.45) is 3.95. The SMILES string of the molecule is C=C[C@](C)(CC)C(=O)Nc1[nH]ncc1Br. The molecular weight excluding hydrogens is 258 g/mol. The van der Waals surface area contributed by atoms with Crippen molar-refractivity contribution in [1.29, 1.82) is 0 Å². The smallest absolute Gasteiger partial charge is 0.235 e. The first-order chi connectivity index (χ1) is 7.03. The standard InChI is InChI=1S/C10H14BrN3O/c1-4-10(3,5-2)9(15)13-8-7(11)6-12-14-8/h4,6H,1,5H2,2-3H3,(H2,12,13,14,15)/t10-/m1/s1. The number of hydrogen-bond acceptors (Lipinski definition) is 2. The lowest BCUT2D eigenvalue weighted by atomic mass is 9.87. The van der Waals surface area contributed by atoms with Crippen LogP contribution >= 0.6 is 15.9 Å². The van der Waals surface area contributed by atoms with Crippen molar-refractivity contribution in [3.05, 3.63) is 23.3 Å². The van der Waals surface area contributed by atoms with Crippen molar-refractivity contribution in [2.75, 3.05) is 5.32 Å². The largest absolute Gasteiger partial charge is 0.309 e. The van der Waals surface area contributed by atoms with Crippen molar-refractivity contribution >= 4 is 27.7 Å². The lowest BCUT2D eigenvalue weighted by Crippen LogP contribution is -2.31. The summed E-state index contributed by atoms with van der Waals surface area (Å²) in [6, 6.07) is 0. The first kappa shape index (κ1) is 12.0. The molecule has 1 amide bonds. The average molecular weight is 272 g/mol. The molecule has 0 aliphatic heterocycles. The van der Waals surface area contributed by atoms with Gasteiger partial charge < -0.3 is 5.32 Å². The van der Waals surface area contributed by atoms with Crippen LogP contribution in [-0.2, 0) is 4.79 Å². The van der Waals surface area contributed by atoms with Gasteiger partial charge in [-0.15, -0.1) is 6.58 Å². The number of H-pyrrole nitrogens is 1. The highest BCUT2D eigenvalue weighted by atomic mass is 79.9. The third-order valence-electron chi connectivity index (χ3n) is 2.54. The molecule has 0 bridgehead atoms. The van der Waals surface area contributed by atoms with E-state index in [9.17, 15) is 4.79 Å². The lowest BCUT2D eigenvalue weighted by Gasteiger charge is -2.22. The molecule has 0 fully saturated rings. The molecule has 82 valence electrons. The zero-order valence-electron chi connectivity index (χ0n) is 8.80. The zero-order chi connectivity index (χ0) is 11.5. The summed E-state index contributed by atoms with van der Waals surface area (Å²) in [7, 11) is 0. The second-order valence-corrected chi connectivity index (χ2v) is 4.38. The maximum Gasteiger partial charge on any atom is 0.235 e. The number of nitrogens with zero attached hydrogens (tertiary/aromatic N) is 1. The molecule has 1 heterocycles. The van der Waals surface area contributed by atoms with Gasteiger partial charge in [0.25, 0.3) is 0 Å². The van der Waals surface area contributed by atoms with Gasteiger partial charge in [-0.2, -0.15) is 5.10 Å². The van der Waals surface area contributed by atoms with Gasteiger partial charge in [0.15, 0.2) is 0 Å². The molecule has 0 radical (unpaired) electrons. The summed E-state index contributed by atoms with van der Waals surface area (Å²) in [6.45, 7) is 7.47. The van der Waals surface area contributed by atoms with Crippen molar-refractivity contribution < 1.29 is 4.79 Å². The van der Waals surface area contributed by atoms with Crippen LogP contribution in [0.3, 0.4) is 0 Å². The number of rotatable bonds is 4. The molecular formula is C10H14BrN3O. The minimum atomic E-state index is -0.551. The predicted molar refractivity (Wildman–Crippen MR) is 63.5 cm³/mol. The van der Waals surface area contributed by atoms with Crippen LogP contribution in [0.25, 0.3) is 0 Å². The number of aromatic nitrogens is 2. The zero-order valence-corrected chi connectivity index (χ0v) is 10.4. The van der Waals surface area contributed by atoms with Crippen LogP contribution in [0.5, 0.6) is 0 Å². The highest BCUT2D eigenvalue weighted by Gasteiger charge is 2.28. The van der Waals surface area contributed by atoms with E-state index in [4.69, 9.17) is 0 Å². The molecule has 0 saturated carbocycles. The fourth-order valence-corrected chi connectivity index (χ4v) is 1.30. The fourth-order valence-electron chi connectivity index (χ4n) is 1.01. The second kappa shape index (κ2) is 4.61. The van der Waals surface area contributed by atoms with Crippen molar-refractivity contribution in [2.45, 2.75) is 20.3 Å². The van der Waals surface area contributed by atoms with E-state index in [2.05, 4.69) is 38.0 Å². The van der Waals surface area contributed by atoms with Crippen molar-refractivity contribution in [3.8, 4) is 0 Å². The predicted octanol–water partition coefficient (Wildman–Crippen LogP) is 2.71. The summed E-state index contributed by atoms with van der Waals surface area (Å²) in [4.78, 5) is 11.9. The van der Waals surface area contributed by atoms with Gasteiger partial charge in [0, 0.05) is 0 Å². The van der Waals surface area contributed by atoms with Gasteiger partial charge in [-0.3, -0.25) is 9.89 Å². The highest BCUT2D eigenvalue weighted by molar-refractivity contribution is 9.10. The third-order valence-corrected chi connectivity index (χ3v) is 3.14. The molecule has 4 nitrogen and oxygen atoms in total. The Kier molecular flexibility index (Phi) is 3.68. The van der Waals surface area contributed by atoms with Crippen molar-refractivity contribution in [1.82, 2.24) is 10.2 Å². The Balaban J connectivity index is 2.80. The van der Waals surface area contributed by atoms with E-state index in [1.807, 2.05) is 13.8 Å². The maximum absolute atomic E-state index is 11.9. The van der Waals surface area contributed by atoms with Crippen LogP contribution in [-0.4, -0.2) is 16.1 Å². The van der Waals surface area contributed by atoms with E-state index in [-0.39, 0.29) is 5.91 Å². The first-order valence-corrected chi connectivity index (χ1v) is 5.46. The number of nitrogens with one attached hydrogen (secondary N) is 2. The van der Waals surface area contributed by atoms with Crippen LogP contribution in [0.4, 0.5) is 5.82 Å². The molecule has 1 aromatic rings. The second-order valence-electron chi connectivity index (χ2n) is 3.52. The van der Waals surface area contributed by atoms with Gasteiger partial charge in [0.05, 0.1) is 16.1 Å². The van der Waals surface area contributed by atoms with Crippen molar-refractivity contribution in [2.24, 2.45) is 5.41 Å². The molecule has 5 heteroatoms. The molecule has 0 aromatic carbocycles. The Morgan fingerprint density at radius 2 is 2.53 bits per heavy atom. The van der Waals surface area contributed by atoms with E-state index >= 15 is 0 Å². The van der Waals surface area contributed by atoms with E-state index in [0.29, 0.717) is 12.2 Å². The quantitative estimate of drug-likeness (QED) is 0.828. The van der Waals surface area contributed by atoms with E-state index in [1.54, 1.807) is 12.3 Å². The molecule has 0 saturated heterocycles. The van der Waals surface area contributed by atoms with Crippen molar-refractivity contribution in [3.63, 3.8) is 0 Å². The highest BCUT2D eigenvalue weighted by Crippen LogP contribution is 2.26. The number of hydrogen-bond donors (Lipinski definition) is 2. The lowest BCUT2D eigenvalue weighted by molar-refractivity contribution is -0.122. The Bertz CT molecular complexity index is 374. The molecule has 15 heavy (non-hydrogen) atoms. The van der Waals surface area contributed by atoms with Gasteiger partial charge in [0.2, 0.25) is 5.91 Å². The number of anilines is 1. The first-order valence-electron chi connectivity index (χ1n) is 4.67. The van der Waals surface area contributed by atoms with Crippen LogP contribution in [0, 0.1) is 5.41 Å². The number of halogens is 1. The van der Waals surface area contributed by atoms with Crippen LogP contribution in [0.2, 0.25) is 0 Å². The number of carbonyl (C=O) groups is 1.